The summed E-state index contributed by atoms with van der Waals surface area (Å²) in [5, 5.41) is 0.511. The number of hydrogen-bond donors (Lipinski definition) is 0. The Morgan fingerprint density at radius 1 is 1.00 bits per heavy atom. The maximum atomic E-state index is 12.9. The molecule has 2 heterocycles. The standard InChI is InChI=1S/C25H29ClN2O4/c26-22-17-20(5-8-23(22)31-16-13-27-11-14-30-15-12-27)28-10-9-24(25(28)29)32-21-6-3-19(4-7-21)18-1-2-18/h3-8,17-18,24H,1-2,9-16H2/t24-/m0/s1. The van der Waals surface area contributed by atoms with Crippen LogP contribution in [0.4, 0.5) is 5.69 Å². The Balaban J connectivity index is 1.15. The lowest BCUT2D eigenvalue weighted by molar-refractivity contribution is -0.122. The van der Waals surface area contributed by atoms with Gasteiger partial charge in [-0.25, -0.2) is 0 Å². The fourth-order valence-electron chi connectivity index (χ4n) is 4.30. The van der Waals surface area contributed by atoms with Crippen LogP contribution in [0.1, 0.15) is 30.7 Å². The summed E-state index contributed by atoms with van der Waals surface area (Å²) in [7, 11) is 0. The van der Waals surface area contributed by atoms with Crippen molar-refractivity contribution in [3.05, 3.63) is 53.1 Å². The van der Waals surface area contributed by atoms with Crippen LogP contribution in [-0.4, -0.2) is 62.9 Å². The van der Waals surface area contributed by atoms with Gasteiger partial charge in [0.2, 0.25) is 0 Å². The van der Waals surface area contributed by atoms with Crippen LogP contribution >= 0.6 is 11.6 Å². The molecule has 0 aromatic heterocycles. The molecule has 1 atom stereocenters. The molecule has 170 valence electrons. The second kappa shape index (κ2) is 9.69. The molecule has 6 nitrogen and oxygen atoms in total. The van der Waals surface area contributed by atoms with Gasteiger partial charge >= 0.3 is 0 Å². The zero-order valence-corrected chi connectivity index (χ0v) is 18.9. The van der Waals surface area contributed by atoms with Crippen LogP contribution in [0, 0.1) is 0 Å². The van der Waals surface area contributed by atoms with Crippen LogP contribution in [0.25, 0.3) is 0 Å². The van der Waals surface area contributed by atoms with Crippen molar-refractivity contribution >= 4 is 23.2 Å². The molecule has 2 aliphatic heterocycles. The SMILES string of the molecule is O=C1[C@@H](Oc2ccc(C3CC3)cc2)CCN1c1ccc(OCCN2CCOCC2)c(Cl)c1. The lowest BCUT2D eigenvalue weighted by atomic mass is 10.1. The molecule has 0 unspecified atom stereocenters. The van der Waals surface area contributed by atoms with Gasteiger partial charge in [0.15, 0.2) is 6.10 Å². The minimum absolute atomic E-state index is 0.0340. The number of benzene rings is 2. The zero-order valence-electron chi connectivity index (χ0n) is 18.2. The van der Waals surface area contributed by atoms with Gasteiger partial charge in [0, 0.05) is 38.3 Å². The van der Waals surface area contributed by atoms with E-state index >= 15 is 0 Å². The molecule has 32 heavy (non-hydrogen) atoms. The Hall–Kier alpha value is -2.28. The summed E-state index contributed by atoms with van der Waals surface area (Å²) in [5.74, 6) is 2.06. The highest BCUT2D eigenvalue weighted by Gasteiger charge is 2.34. The minimum Gasteiger partial charge on any atom is -0.491 e. The number of hydrogen-bond acceptors (Lipinski definition) is 5. The van der Waals surface area contributed by atoms with E-state index in [4.69, 9.17) is 25.8 Å². The summed E-state index contributed by atoms with van der Waals surface area (Å²) in [6.45, 7) is 5.43. The largest absolute Gasteiger partial charge is 0.491 e. The molecule has 7 heteroatoms. The second-order valence-corrected chi connectivity index (χ2v) is 9.05. The topological polar surface area (TPSA) is 51.2 Å². The molecule has 2 aromatic rings. The smallest absolute Gasteiger partial charge is 0.268 e. The van der Waals surface area contributed by atoms with Gasteiger partial charge in [-0.05, 0) is 54.7 Å². The first-order chi connectivity index (χ1) is 15.7. The number of carbonyl (C=O) groups excluding carboxylic acids is 1. The summed E-state index contributed by atoms with van der Waals surface area (Å²) in [4.78, 5) is 17.0. The Bertz CT molecular complexity index is 941. The quantitative estimate of drug-likeness (QED) is 0.598. The van der Waals surface area contributed by atoms with E-state index in [2.05, 4.69) is 17.0 Å². The fraction of sp³-hybridized carbons (Fsp3) is 0.480. The van der Waals surface area contributed by atoms with E-state index in [0.29, 0.717) is 36.3 Å². The first kappa shape index (κ1) is 21.6. The maximum absolute atomic E-state index is 12.9. The second-order valence-electron chi connectivity index (χ2n) is 8.65. The third-order valence-corrected chi connectivity index (χ3v) is 6.65. The Morgan fingerprint density at radius 2 is 1.78 bits per heavy atom. The molecular weight excluding hydrogens is 428 g/mol. The van der Waals surface area contributed by atoms with E-state index in [1.54, 1.807) is 11.0 Å². The predicted molar refractivity (Wildman–Crippen MR) is 124 cm³/mol. The first-order valence-electron chi connectivity index (χ1n) is 11.5. The van der Waals surface area contributed by atoms with Crippen molar-refractivity contribution in [3.63, 3.8) is 0 Å². The number of nitrogens with zero attached hydrogens (tertiary/aromatic N) is 2. The van der Waals surface area contributed by atoms with Gasteiger partial charge in [-0.15, -0.1) is 0 Å². The Labute approximate surface area is 194 Å². The number of morpholine rings is 1. The molecule has 1 aliphatic carbocycles. The molecule has 3 aliphatic rings. The number of carbonyl (C=O) groups is 1. The highest BCUT2D eigenvalue weighted by molar-refractivity contribution is 6.32. The molecule has 2 saturated heterocycles. The molecule has 0 bridgehead atoms. The molecule has 5 rings (SSSR count). The molecular formula is C25H29ClN2O4. The molecule has 3 fully saturated rings. The zero-order chi connectivity index (χ0) is 21.9. The first-order valence-corrected chi connectivity index (χ1v) is 11.9. The minimum atomic E-state index is -0.468. The summed E-state index contributed by atoms with van der Waals surface area (Å²) in [6, 6.07) is 13.7. The lowest BCUT2D eigenvalue weighted by Crippen LogP contribution is -2.38. The molecule has 2 aromatic carbocycles. The summed E-state index contributed by atoms with van der Waals surface area (Å²) >= 11 is 6.46. The van der Waals surface area contributed by atoms with Gasteiger partial charge in [0.05, 0.1) is 18.2 Å². The van der Waals surface area contributed by atoms with Crippen molar-refractivity contribution in [1.82, 2.24) is 4.90 Å². The van der Waals surface area contributed by atoms with Crippen LogP contribution in [0.2, 0.25) is 5.02 Å². The van der Waals surface area contributed by atoms with Crippen LogP contribution in [0.5, 0.6) is 11.5 Å². The van der Waals surface area contributed by atoms with Crippen molar-refractivity contribution in [3.8, 4) is 11.5 Å². The number of rotatable bonds is 8. The van der Waals surface area contributed by atoms with E-state index in [9.17, 15) is 4.79 Å². The third-order valence-electron chi connectivity index (χ3n) is 6.36. The molecule has 0 radical (unpaired) electrons. The van der Waals surface area contributed by atoms with Crippen molar-refractivity contribution < 1.29 is 19.0 Å². The van der Waals surface area contributed by atoms with Crippen LogP contribution < -0.4 is 14.4 Å². The average molecular weight is 457 g/mol. The number of halogens is 1. The lowest BCUT2D eigenvalue weighted by Gasteiger charge is -2.26. The highest BCUT2D eigenvalue weighted by Crippen LogP contribution is 2.40. The van der Waals surface area contributed by atoms with Gasteiger partial charge in [0.1, 0.15) is 18.1 Å². The van der Waals surface area contributed by atoms with E-state index in [0.717, 1.165) is 44.3 Å². The summed E-state index contributed by atoms with van der Waals surface area (Å²) in [6.07, 6.45) is 2.73. The normalized spacial score (nSPS) is 21.7. The van der Waals surface area contributed by atoms with Crippen LogP contribution in [0.3, 0.4) is 0 Å². The fourth-order valence-corrected chi connectivity index (χ4v) is 4.53. The average Bonchev–Trinajstić information content (AvgIpc) is 3.60. The van der Waals surface area contributed by atoms with Gasteiger partial charge in [-0.1, -0.05) is 23.7 Å². The van der Waals surface area contributed by atoms with Gasteiger partial charge in [-0.2, -0.15) is 0 Å². The number of ether oxygens (including phenoxy) is 3. The number of amides is 1. The predicted octanol–water partition coefficient (Wildman–Crippen LogP) is 4.11. The monoisotopic (exact) mass is 456 g/mol. The number of anilines is 1. The summed E-state index contributed by atoms with van der Waals surface area (Å²) < 4.78 is 17.2. The maximum Gasteiger partial charge on any atom is 0.268 e. The van der Waals surface area contributed by atoms with Gasteiger partial charge in [0.25, 0.3) is 5.91 Å². The Kier molecular flexibility index (Phi) is 6.53. The van der Waals surface area contributed by atoms with Crippen molar-refractivity contribution in [1.29, 1.82) is 0 Å². The Morgan fingerprint density at radius 3 is 2.50 bits per heavy atom. The summed E-state index contributed by atoms with van der Waals surface area (Å²) in [5.41, 5.74) is 2.13. The van der Waals surface area contributed by atoms with Gasteiger partial charge < -0.3 is 19.1 Å². The van der Waals surface area contributed by atoms with E-state index in [1.807, 2.05) is 24.3 Å². The molecule has 0 N–H and O–H groups in total. The van der Waals surface area contributed by atoms with Gasteiger partial charge in [-0.3, -0.25) is 9.69 Å². The molecule has 1 amide bonds. The van der Waals surface area contributed by atoms with Crippen molar-refractivity contribution in [2.24, 2.45) is 0 Å². The van der Waals surface area contributed by atoms with Crippen molar-refractivity contribution in [2.45, 2.75) is 31.3 Å². The van der Waals surface area contributed by atoms with Crippen LogP contribution in [-0.2, 0) is 9.53 Å². The van der Waals surface area contributed by atoms with E-state index < -0.39 is 6.10 Å². The highest BCUT2D eigenvalue weighted by atomic mass is 35.5. The van der Waals surface area contributed by atoms with Crippen molar-refractivity contribution in [2.75, 3.05) is 50.9 Å². The van der Waals surface area contributed by atoms with E-state index in [-0.39, 0.29) is 5.91 Å². The molecule has 0 spiro atoms. The third kappa shape index (κ3) is 5.03. The van der Waals surface area contributed by atoms with E-state index in [1.165, 1.54) is 18.4 Å². The van der Waals surface area contributed by atoms with Crippen LogP contribution in [0.15, 0.2) is 42.5 Å². The molecule has 1 saturated carbocycles.